The van der Waals surface area contributed by atoms with E-state index in [4.69, 9.17) is 4.42 Å². The molecule has 0 radical (unpaired) electrons. The maximum atomic E-state index is 12.5. The number of fused-ring (bicyclic) bond motifs is 1. The average molecular weight is 381 g/mol. The number of rotatable bonds is 5. The van der Waals surface area contributed by atoms with E-state index in [-0.39, 0.29) is 12.6 Å². The van der Waals surface area contributed by atoms with Crippen molar-refractivity contribution in [2.75, 3.05) is 6.54 Å². The monoisotopic (exact) mass is 381 g/mol. The van der Waals surface area contributed by atoms with Crippen LogP contribution in [0.1, 0.15) is 35.8 Å². The molecule has 1 unspecified atom stereocenters. The molecule has 0 bridgehead atoms. The van der Waals surface area contributed by atoms with Crippen molar-refractivity contribution < 1.29 is 23.6 Å². The third-order valence-corrected chi connectivity index (χ3v) is 5.04. The number of carbonyl (C=O) groups excluding carboxylic acids is 4. The van der Waals surface area contributed by atoms with Gasteiger partial charge in [-0.05, 0) is 42.5 Å². The molecule has 0 spiro atoms. The number of nitrogens with zero attached hydrogens (tertiary/aromatic N) is 2. The maximum absolute atomic E-state index is 12.5. The van der Waals surface area contributed by atoms with Crippen LogP contribution in [-0.2, 0) is 27.3 Å². The molecule has 1 fully saturated rings. The first kappa shape index (κ1) is 18.0. The first-order valence-corrected chi connectivity index (χ1v) is 9.11. The van der Waals surface area contributed by atoms with Crippen LogP contribution in [0.25, 0.3) is 0 Å². The summed E-state index contributed by atoms with van der Waals surface area (Å²) in [5, 5.41) is 2.88. The van der Waals surface area contributed by atoms with Crippen LogP contribution in [0.4, 0.5) is 4.79 Å². The van der Waals surface area contributed by atoms with E-state index in [0.29, 0.717) is 10.7 Å². The summed E-state index contributed by atoms with van der Waals surface area (Å²) in [5.41, 5.74) is 2.24. The predicted octanol–water partition coefficient (Wildman–Crippen LogP) is 1.76. The average Bonchev–Trinajstić information content (AvgIpc) is 3.28. The van der Waals surface area contributed by atoms with Crippen LogP contribution in [0.2, 0.25) is 0 Å². The van der Waals surface area contributed by atoms with Crippen LogP contribution >= 0.6 is 0 Å². The number of carbonyl (C=O) groups is 4. The highest BCUT2D eigenvalue weighted by atomic mass is 16.3. The quantitative estimate of drug-likeness (QED) is 0.628. The number of urea groups is 1. The zero-order valence-corrected chi connectivity index (χ0v) is 15.1. The molecule has 1 N–H and O–H groups in total. The van der Waals surface area contributed by atoms with Gasteiger partial charge in [-0.25, -0.2) is 14.6 Å². The largest absolute Gasteiger partial charge is 0.467 e. The Kier molecular flexibility index (Phi) is 4.68. The summed E-state index contributed by atoms with van der Waals surface area (Å²) in [6.07, 6.45) is 4.10. The molecular formula is C20H19N3O5. The van der Waals surface area contributed by atoms with E-state index in [1.165, 1.54) is 11.8 Å². The lowest BCUT2D eigenvalue weighted by atomic mass is 9.88. The summed E-state index contributed by atoms with van der Waals surface area (Å²) in [7, 11) is 0. The Morgan fingerprint density at radius 3 is 2.64 bits per heavy atom. The smallest absolute Gasteiger partial charge is 0.335 e. The minimum absolute atomic E-state index is 0.148. The van der Waals surface area contributed by atoms with E-state index < -0.39 is 30.3 Å². The Morgan fingerprint density at radius 1 is 1.07 bits per heavy atom. The van der Waals surface area contributed by atoms with Gasteiger partial charge in [-0.1, -0.05) is 24.3 Å². The van der Waals surface area contributed by atoms with Crippen LogP contribution in [-0.4, -0.2) is 40.1 Å². The Balaban J connectivity index is 1.43. The highest BCUT2D eigenvalue weighted by Crippen LogP contribution is 2.29. The van der Waals surface area contributed by atoms with Gasteiger partial charge in [0.25, 0.3) is 0 Å². The summed E-state index contributed by atoms with van der Waals surface area (Å²) >= 11 is 0. The minimum atomic E-state index is -1.00. The lowest BCUT2D eigenvalue weighted by Gasteiger charge is -2.27. The van der Waals surface area contributed by atoms with Gasteiger partial charge in [-0.2, -0.15) is 0 Å². The summed E-state index contributed by atoms with van der Waals surface area (Å²) in [6, 6.07) is 10.1. The van der Waals surface area contributed by atoms with Crippen molar-refractivity contribution in [2.24, 2.45) is 0 Å². The van der Waals surface area contributed by atoms with E-state index in [1.807, 2.05) is 24.3 Å². The van der Waals surface area contributed by atoms with Crippen LogP contribution in [0.15, 0.2) is 47.1 Å². The summed E-state index contributed by atoms with van der Waals surface area (Å²) in [6.45, 7) is -0.638. The van der Waals surface area contributed by atoms with Crippen molar-refractivity contribution in [3.8, 4) is 0 Å². The van der Waals surface area contributed by atoms with E-state index in [1.54, 1.807) is 12.1 Å². The molecule has 1 saturated heterocycles. The highest BCUT2D eigenvalue weighted by Gasteiger charge is 2.45. The highest BCUT2D eigenvalue weighted by molar-refractivity contribution is 6.44. The molecule has 2 aromatic rings. The van der Waals surface area contributed by atoms with Gasteiger partial charge in [0.1, 0.15) is 12.3 Å². The van der Waals surface area contributed by atoms with Gasteiger partial charge in [0.05, 0.1) is 18.8 Å². The van der Waals surface area contributed by atoms with Crippen molar-refractivity contribution in [1.29, 1.82) is 0 Å². The van der Waals surface area contributed by atoms with Gasteiger partial charge in [0, 0.05) is 0 Å². The van der Waals surface area contributed by atoms with Crippen molar-refractivity contribution in [3.63, 3.8) is 0 Å². The van der Waals surface area contributed by atoms with E-state index in [9.17, 15) is 19.2 Å². The second-order valence-electron chi connectivity index (χ2n) is 6.86. The fourth-order valence-electron chi connectivity index (χ4n) is 3.68. The molecule has 1 aromatic heterocycles. The standard InChI is InChI=1S/C20H19N3O5/c24-17(21-16-9-3-6-13-5-1-2-8-15(13)16)12-23-19(26)18(25)22(20(23)27)11-14-7-4-10-28-14/h1-2,4-5,7-8,10,16H,3,6,9,11-12H2,(H,21,24). The minimum Gasteiger partial charge on any atom is -0.467 e. The third-order valence-electron chi connectivity index (χ3n) is 5.04. The predicted molar refractivity (Wildman–Crippen MR) is 96.6 cm³/mol. The number of benzene rings is 1. The molecule has 1 aliphatic carbocycles. The molecule has 5 amide bonds. The van der Waals surface area contributed by atoms with Crippen LogP contribution in [0.3, 0.4) is 0 Å². The van der Waals surface area contributed by atoms with Gasteiger partial charge in [-0.3, -0.25) is 14.4 Å². The van der Waals surface area contributed by atoms with Crippen LogP contribution < -0.4 is 5.32 Å². The fraction of sp³-hybridized carbons (Fsp3) is 0.300. The number of aryl methyl sites for hydroxylation is 1. The molecule has 2 heterocycles. The van der Waals surface area contributed by atoms with Gasteiger partial charge >= 0.3 is 17.8 Å². The number of nitrogens with one attached hydrogen (secondary N) is 1. The molecular weight excluding hydrogens is 362 g/mol. The topological polar surface area (TPSA) is 99.9 Å². The van der Waals surface area contributed by atoms with Crippen LogP contribution in [0, 0.1) is 0 Å². The summed E-state index contributed by atoms with van der Waals surface area (Å²) < 4.78 is 5.12. The number of furan rings is 1. The Morgan fingerprint density at radius 2 is 1.86 bits per heavy atom. The molecule has 8 heteroatoms. The van der Waals surface area contributed by atoms with Crippen molar-refractivity contribution in [3.05, 3.63) is 59.5 Å². The van der Waals surface area contributed by atoms with Gasteiger partial charge in [0.2, 0.25) is 5.91 Å². The molecule has 4 rings (SSSR count). The molecule has 28 heavy (non-hydrogen) atoms. The normalized spacial score (nSPS) is 19.1. The molecule has 2 aliphatic rings. The third kappa shape index (κ3) is 3.28. The number of hydrogen-bond acceptors (Lipinski definition) is 5. The van der Waals surface area contributed by atoms with E-state index >= 15 is 0 Å². The Labute approximate surface area is 161 Å². The first-order valence-electron chi connectivity index (χ1n) is 9.11. The zero-order chi connectivity index (χ0) is 19.7. The van der Waals surface area contributed by atoms with Gasteiger partial charge in [0.15, 0.2) is 0 Å². The van der Waals surface area contributed by atoms with Crippen molar-refractivity contribution >= 4 is 23.8 Å². The zero-order valence-electron chi connectivity index (χ0n) is 15.1. The molecule has 144 valence electrons. The lowest BCUT2D eigenvalue weighted by molar-refractivity contribution is -0.144. The first-order chi connectivity index (χ1) is 13.5. The summed E-state index contributed by atoms with van der Waals surface area (Å²) in [5.74, 6) is -2.07. The molecule has 1 atom stereocenters. The van der Waals surface area contributed by atoms with E-state index in [0.717, 1.165) is 29.7 Å². The van der Waals surface area contributed by atoms with Gasteiger partial charge in [-0.15, -0.1) is 0 Å². The van der Waals surface area contributed by atoms with Crippen molar-refractivity contribution in [2.45, 2.75) is 31.8 Å². The van der Waals surface area contributed by atoms with E-state index in [2.05, 4.69) is 5.32 Å². The molecule has 0 saturated carbocycles. The maximum Gasteiger partial charge on any atom is 0.335 e. The molecule has 8 nitrogen and oxygen atoms in total. The molecule has 1 aliphatic heterocycles. The number of imide groups is 2. The fourth-order valence-corrected chi connectivity index (χ4v) is 3.68. The summed E-state index contributed by atoms with van der Waals surface area (Å²) in [4.78, 5) is 50.7. The SMILES string of the molecule is O=C(CN1C(=O)C(=O)N(Cc2ccco2)C1=O)NC1CCCc2ccccc21. The second kappa shape index (κ2) is 7.30. The lowest BCUT2D eigenvalue weighted by Crippen LogP contribution is -2.43. The second-order valence-corrected chi connectivity index (χ2v) is 6.86. The molecule has 1 aromatic carbocycles. The number of amides is 5. The van der Waals surface area contributed by atoms with Gasteiger partial charge < -0.3 is 9.73 Å². The Bertz CT molecular complexity index is 937. The van der Waals surface area contributed by atoms with Crippen molar-refractivity contribution in [1.82, 2.24) is 15.1 Å². The Hall–Kier alpha value is -3.42. The number of hydrogen-bond donors (Lipinski definition) is 1. The van der Waals surface area contributed by atoms with Crippen LogP contribution in [0.5, 0.6) is 0 Å².